The van der Waals surface area contributed by atoms with Crippen LogP contribution < -0.4 is 10.5 Å². The zero-order valence-electron chi connectivity index (χ0n) is 9.97. The Bertz CT molecular complexity index is 504. The molecule has 0 bridgehead atoms. The van der Waals surface area contributed by atoms with E-state index in [2.05, 4.69) is 9.97 Å². The summed E-state index contributed by atoms with van der Waals surface area (Å²) in [5, 5.41) is 0. The van der Waals surface area contributed by atoms with Crippen LogP contribution in [0, 0.1) is 6.92 Å². The highest BCUT2D eigenvalue weighted by Crippen LogP contribution is 2.22. The lowest BCUT2D eigenvalue weighted by atomic mass is 10.1. The summed E-state index contributed by atoms with van der Waals surface area (Å²) in [6.07, 6.45) is 0. The van der Waals surface area contributed by atoms with Crippen molar-refractivity contribution >= 4 is 0 Å². The second kappa shape index (κ2) is 4.93. The Morgan fingerprint density at radius 2 is 2.00 bits per heavy atom. The minimum atomic E-state index is 0.373. The topological polar surface area (TPSA) is 61.0 Å². The first-order valence-electron chi connectivity index (χ1n) is 5.42. The number of hydrogen-bond acceptors (Lipinski definition) is 4. The highest BCUT2D eigenvalue weighted by Gasteiger charge is 2.08. The van der Waals surface area contributed by atoms with Gasteiger partial charge in [-0.05, 0) is 12.5 Å². The van der Waals surface area contributed by atoms with Crippen LogP contribution in [0.3, 0.4) is 0 Å². The smallest absolute Gasteiger partial charge is 0.216 e. The predicted octanol–water partition coefficient (Wildman–Crippen LogP) is 1.92. The van der Waals surface area contributed by atoms with Crippen molar-refractivity contribution in [1.82, 2.24) is 9.97 Å². The molecule has 0 saturated heterocycles. The summed E-state index contributed by atoms with van der Waals surface area (Å²) in [6, 6.07) is 9.72. The van der Waals surface area contributed by atoms with E-state index in [-0.39, 0.29) is 0 Å². The minimum Gasteiger partial charge on any atom is -0.481 e. The molecule has 0 radical (unpaired) electrons. The lowest BCUT2D eigenvalue weighted by Crippen LogP contribution is -2.04. The summed E-state index contributed by atoms with van der Waals surface area (Å²) < 4.78 is 5.15. The second-order valence-electron chi connectivity index (χ2n) is 3.74. The molecule has 0 aliphatic rings. The summed E-state index contributed by atoms with van der Waals surface area (Å²) in [5.41, 5.74) is 8.52. The molecule has 0 aliphatic carbocycles. The van der Waals surface area contributed by atoms with Crippen LogP contribution in [0.15, 0.2) is 30.3 Å². The first-order chi connectivity index (χ1) is 8.24. The highest BCUT2D eigenvalue weighted by molar-refractivity contribution is 5.60. The molecule has 17 heavy (non-hydrogen) atoms. The lowest BCUT2D eigenvalue weighted by Gasteiger charge is -2.08. The predicted molar refractivity (Wildman–Crippen MR) is 66.6 cm³/mol. The fraction of sp³-hybridized carbons (Fsp3) is 0.231. The molecule has 1 heterocycles. The van der Waals surface area contributed by atoms with Crippen LogP contribution in [0.2, 0.25) is 0 Å². The Morgan fingerprint density at radius 1 is 1.24 bits per heavy atom. The van der Waals surface area contributed by atoms with Gasteiger partial charge in [0.1, 0.15) is 0 Å². The van der Waals surface area contributed by atoms with Gasteiger partial charge in [-0.15, -0.1) is 0 Å². The van der Waals surface area contributed by atoms with Crippen LogP contribution in [0.5, 0.6) is 5.88 Å². The molecule has 2 aromatic rings. The average molecular weight is 229 g/mol. The quantitative estimate of drug-likeness (QED) is 0.873. The minimum absolute atomic E-state index is 0.373. The van der Waals surface area contributed by atoms with Crippen LogP contribution in [0.25, 0.3) is 11.4 Å². The number of hydrogen-bond donors (Lipinski definition) is 1. The van der Waals surface area contributed by atoms with E-state index in [1.165, 1.54) is 0 Å². The van der Waals surface area contributed by atoms with Gasteiger partial charge in [-0.2, -0.15) is 4.98 Å². The van der Waals surface area contributed by atoms with Crippen LogP contribution >= 0.6 is 0 Å². The molecule has 0 unspecified atom stereocenters. The molecular formula is C13H15N3O. The average Bonchev–Trinajstić information content (AvgIpc) is 2.38. The summed E-state index contributed by atoms with van der Waals surface area (Å²) >= 11 is 0. The van der Waals surface area contributed by atoms with Crippen LogP contribution in [-0.4, -0.2) is 17.1 Å². The number of methoxy groups -OCH3 is 1. The molecule has 4 nitrogen and oxygen atoms in total. The van der Waals surface area contributed by atoms with E-state index in [1.807, 2.05) is 31.2 Å². The van der Waals surface area contributed by atoms with Crippen molar-refractivity contribution < 1.29 is 4.74 Å². The largest absolute Gasteiger partial charge is 0.481 e. The molecule has 0 aliphatic heterocycles. The van der Waals surface area contributed by atoms with Gasteiger partial charge in [-0.1, -0.05) is 24.3 Å². The normalized spacial score (nSPS) is 10.3. The number of aromatic nitrogens is 2. The third-order valence-corrected chi connectivity index (χ3v) is 2.56. The summed E-state index contributed by atoms with van der Waals surface area (Å²) in [4.78, 5) is 8.76. The van der Waals surface area contributed by atoms with E-state index in [9.17, 15) is 0 Å². The van der Waals surface area contributed by atoms with Gasteiger partial charge in [-0.3, -0.25) is 0 Å². The van der Waals surface area contributed by atoms with Gasteiger partial charge in [-0.25, -0.2) is 4.98 Å². The van der Waals surface area contributed by atoms with E-state index in [1.54, 1.807) is 13.2 Å². The highest BCUT2D eigenvalue weighted by atomic mass is 16.5. The van der Waals surface area contributed by atoms with Crippen molar-refractivity contribution in [2.24, 2.45) is 5.73 Å². The second-order valence-corrected chi connectivity index (χ2v) is 3.74. The molecular weight excluding hydrogens is 214 g/mol. The molecule has 1 aromatic carbocycles. The molecule has 0 atom stereocenters. The van der Waals surface area contributed by atoms with Crippen LogP contribution in [0.1, 0.15) is 11.3 Å². The van der Waals surface area contributed by atoms with E-state index in [4.69, 9.17) is 10.5 Å². The van der Waals surface area contributed by atoms with E-state index in [0.29, 0.717) is 18.2 Å². The zero-order valence-corrected chi connectivity index (χ0v) is 9.97. The Morgan fingerprint density at radius 3 is 2.65 bits per heavy atom. The third kappa shape index (κ3) is 2.42. The van der Waals surface area contributed by atoms with E-state index >= 15 is 0 Å². The number of benzene rings is 1. The number of rotatable bonds is 3. The van der Waals surface area contributed by atoms with Crippen molar-refractivity contribution in [3.63, 3.8) is 0 Å². The molecule has 0 amide bonds. The van der Waals surface area contributed by atoms with Crippen molar-refractivity contribution in [2.45, 2.75) is 13.5 Å². The Kier molecular flexibility index (Phi) is 3.35. The maximum atomic E-state index is 5.61. The Balaban J connectivity index is 2.55. The molecule has 0 saturated carbocycles. The van der Waals surface area contributed by atoms with Gasteiger partial charge in [0.15, 0.2) is 5.82 Å². The zero-order chi connectivity index (χ0) is 12.3. The van der Waals surface area contributed by atoms with Crippen molar-refractivity contribution in [3.8, 4) is 17.3 Å². The SMILES string of the molecule is COc1cc(CN)nc(-c2ccccc2C)n1. The third-order valence-electron chi connectivity index (χ3n) is 2.56. The first kappa shape index (κ1) is 11.5. The molecule has 2 N–H and O–H groups in total. The molecule has 1 aromatic heterocycles. The maximum Gasteiger partial charge on any atom is 0.216 e. The van der Waals surface area contributed by atoms with Gasteiger partial charge >= 0.3 is 0 Å². The summed E-state index contributed by atoms with van der Waals surface area (Å²) in [5.74, 6) is 1.20. The van der Waals surface area contributed by atoms with Gasteiger partial charge in [0.2, 0.25) is 5.88 Å². The standard InChI is InChI=1S/C13H15N3O/c1-9-5-3-4-6-11(9)13-15-10(8-14)7-12(16-13)17-2/h3-7H,8,14H2,1-2H3. The number of aryl methyl sites for hydroxylation is 1. The number of ether oxygens (including phenoxy) is 1. The summed E-state index contributed by atoms with van der Waals surface area (Å²) in [7, 11) is 1.59. The van der Waals surface area contributed by atoms with E-state index in [0.717, 1.165) is 16.8 Å². The van der Waals surface area contributed by atoms with Crippen LogP contribution in [-0.2, 0) is 6.54 Å². The van der Waals surface area contributed by atoms with Gasteiger partial charge in [0, 0.05) is 18.2 Å². The van der Waals surface area contributed by atoms with Gasteiger partial charge in [0.05, 0.1) is 12.8 Å². The van der Waals surface area contributed by atoms with E-state index < -0.39 is 0 Å². The van der Waals surface area contributed by atoms with Crippen LogP contribution in [0.4, 0.5) is 0 Å². The first-order valence-corrected chi connectivity index (χ1v) is 5.42. The van der Waals surface area contributed by atoms with Crippen molar-refractivity contribution in [2.75, 3.05) is 7.11 Å². The molecule has 4 heteroatoms. The summed E-state index contributed by atoms with van der Waals surface area (Å²) in [6.45, 7) is 2.40. The molecule has 0 spiro atoms. The number of nitrogens with two attached hydrogens (primary N) is 1. The van der Waals surface area contributed by atoms with Crippen molar-refractivity contribution in [1.29, 1.82) is 0 Å². The van der Waals surface area contributed by atoms with Gasteiger partial charge in [0.25, 0.3) is 0 Å². The Hall–Kier alpha value is -1.94. The molecule has 2 rings (SSSR count). The number of nitrogens with zero attached hydrogens (tertiary/aromatic N) is 2. The lowest BCUT2D eigenvalue weighted by molar-refractivity contribution is 0.396. The molecule has 88 valence electrons. The van der Waals surface area contributed by atoms with Gasteiger partial charge < -0.3 is 10.5 Å². The molecule has 0 fully saturated rings. The van der Waals surface area contributed by atoms with Crippen molar-refractivity contribution in [3.05, 3.63) is 41.6 Å². The maximum absolute atomic E-state index is 5.61. The Labute approximate surface area is 100 Å². The monoisotopic (exact) mass is 229 g/mol. The fourth-order valence-corrected chi connectivity index (χ4v) is 1.63. The fourth-order valence-electron chi connectivity index (χ4n) is 1.63.